The fourth-order valence-corrected chi connectivity index (χ4v) is 1.70. The van der Waals surface area contributed by atoms with Crippen LogP contribution in [0.1, 0.15) is 12.8 Å². The first-order valence-corrected chi connectivity index (χ1v) is 5.57. The maximum atomic E-state index is 12.7. The number of hydrogen-bond acceptors (Lipinski definition) is 2. The van der Waals surface area contributed by atoms with E-state index in [1.165, 1.54) is 0 Å². The van der Waals surface area contributed by atoms with Gasteiger partial charge in [-0.05, 0) is 31.0 Å². The van der Waals surface area contributed by atoms with Gasteiger partial charge in [-0.25, -0.2) is 4.39 Å². The lowest BCUT2D eigenvalue weighted by Crippen LogP contribution is -2.20. The molecule has 2 nitrogen and oxygen atoms in total. The third-order valence-corrected chi connectivity index (χ3v) is 3.00. The highest BCUT2D eigenvalue weighted by Gasteiger charge is 2.46. The fourth-order valence-electron chi connectivity index (χ4n) is 1.36. The Morgan fingerprint density at radius 3 is 2.67 bits per heavy atom. The summed E-state index contributed by atoms with van der Waals surface area (Å²) in [4.78, 5) is 0. The van der Waals surface area contributed by atoms with Crippen LogP contribution < -0.4 is 9.47 Å². The molecule has 1 aliphatic rings. The van der Waals surface area contributed by atoms with E-state index < -0.39 is 12.3 Å². The van der Waals surface area contributed by atoms with Crippen LogP contribution in [0, 0.1) is 0 Å². The molecule has 0 spiro atoms. The SMILES string of the molecule is COc1cc(Br)ccc1OC1(CF)CC1. The van der Waals surface area contributed by atoms with Gasteiger partial charge in [0.25, 0.3) is 0 Å². The Morgan fingerprint density at radius 1 is 1.40 bits per heavy atom. The first kappa shape index (κ1) is 10.7. The van der Waals surface area contributed by atoms with Crippen molar-refractivity contribution in [3.05, 3.63) is 22.7 Å². The van der Waals surface area contributed by atoms with Gasteiger partial charge in [-0.3, -0.25) is 0 Å². The van der Waals surface area contributed by atoms with Gasteiger partial charge in [0, 0.05) is 4.47 Å². The monoisotopic (exact) mass is 274 g/mol. The molecule has 1 aromatic rings. The molecule has 0 amide bonds. The third-order valence-electron chi connectivity index (χ3n) is 2.50. The van der Waals surface area contributed by atoms with Crippen molar-refractivity contribution in [2.75, 3.05) is 13.8 Å². The minimum Gasteiger partial charge on any atom is -0.493 e. The van der Waals surface area contributed by atoms with Crippen LogP contribution in [-0.4, -0.2) is 19.4 Å². The Hall–Kier alpha value is -0.770. The van der Waals surface area contributed by atoms with E-state index in [9.17, 15) is 4.39 Å². The van der Waals surface area contributed by atoms with Gasteiger partial charge in [-0.1, -0.05) is 15.9 Å². The molecule has 2 rings (SSSR count). The molecule has 15 heavy (non-hydrogen) atoms. The quantitative estimate of drug-likeness (QED) is 0.839. The second-order valence-electron chi connectivity index (χ2n) is 3.71. The van der Waals surface area contributed by atoms with Crippen LogP contribution in [0.2, 0.25) is 0 Å². The Kier molecular flexibility index (Phi) is 2.87. The molecule has 0 saturated heterocycles. The van der Waals surface area contributed by atoms with E-state index in [2.05, 4.69) is 15.9 Å². The molecule has 0 N–H and O–H groups in total. The summed E-state index contributed by atoms with van der Waals surface area (Å²) in [5.74, 6) is 1.24. The summed E-state index contributed by atoms with van der Waals surface area (Å²) in [6.45, 7) is -0.438. The van der Waals surface area contributed by atoms with Crippen LogP contribution in [0.3, 0.4) is 0 Å². The molecule has 0 heterocycles. The van der Waals surface area contributed by atoms with Gasteiger partial charge < -0.3 is 9.47 Å². The second kappa shape index (κ2) is 4.00. The molecule has 1 fully saturated rings. The van der Waals surface area contributed by atoms with Crippen molar-refractivity contribution in [3.63, 3.8) is 0 Å². The highest BCUT2D eigenvalue weighted by molar-refractivity contribution is 9.10. The molecule has 0 aromatic heterocycles. The molecule has 1 aromatic carbocycles. The van der Waals surface area contributed by atoms with Crippen molar-refractivity contribution in [2.45, 2.75) is 18.4 Å². The molecule has 0 radical (unpaired) electrons. The van der Waals surface area contributed by atoms with Crippen LogP contribution in [0.4, 0.5) is 4.39 Å². The summed E-state index contributed by atoms with van der Waals surface area (Å²) >= 11 is 3.34. The topological polar surface area (TPSA) is 18.5 Å². The molecular formula is C11H12BrFO2. The number of benzene rings is 1. The molecule has 0 atom stereocenters. The first-order chi connectivity index (χ1) is 7.19. The van der Waals surface area contributed by atoms with E-state index in [1.807, 2.05) is 12.1 Å². The van der Waals surface area contributed by atoms with Crippen LogP contribution in [-0.2, 0) is 0 Å². The van der Waals surface area contributed by atoms with Crippen molar-refractivity contribution in [3.8, 4) is 11.5 Å². The van der Waals surface area contributed by atoms with Crippen molar-refractivity contribution in [1.82, 2.24) is 0 Å². The van der Waals surface area contributed by atoms with Crippen LogP contribution in [0.25, 0.3) is 0 Å². The predicted molar refractivity (Wildman–Crippen MR) is 59.3 cm³/mol. The molecular weight excluding hydrogens is 263 g/mol. The van der Waals surface area contributed by atoms with Crippen LogP contribution >= 0.6 is 15.9 Å². The Morgan fingerprint density at radius 2 is 2.13 bits per heavy atom. The molecule has 0 aliphatic heterocycles. The summed E-state index contributed by atoms with van der Waals surface area (Å²) in [6.07, 6.45) is 1.56. The van der Waals surface area contributed by atoms with Crippen LogP contribution in [0.5, 0.6) is 11.5 Å². The zero-order valence-electron chi connectivity index (χ0n) is 8.43. The fraction of sp³-hybridized carbons (Fsp3) is 0.455. The van der Waals surface area contributed by atoms with Gasteiger partial charge in [0.1, 0.15) is 12.3 Å². The normalized spacial score (nSPS) is 17.3. The summed E-state index contributed by atoms with van der Waals surface area (Å²) in [5.41, 5.74) is -0.582. The largest absolute Gasteiger partial charge is 0.493 e. The average molecular weight is 275 g/mol. The van der Waals surface area contributed by atoms with Gasteiger partial charge in [-0.2, -0.15) is 0 Å². The smallest absolute Gasteiger partial charge is 0.162 e. The number of methoxy groups -OCH3 is 1. The van der Waals surface area contributed by atoms with Gasteiger partial charge in [-0.15, -0.1) is 0 Å². The molecule has 82 valence electrons. The summed E-state index contributed by atoms with van der Waals surface area (Å²) in [5, 5.41) is 0. The highest BCUT2D eigenvalue weighted by Crippen LogP contribution is 2.43. The Labute approximate surface area is 96.5 Å². The van der Waals surface area contributed by atoms with Gasteiger partial charge in [0.2, 0.25) is 0 Å². The maximum Gasteiger partial charge on any atom is 0.162 e. The molecule has 1 saturated carbocycles. The zero-order chi connectivity index (χ0) is 10.9. The van der Waals surface area contributed by atoms with E-state index in [-0.39, 0.29) is 0 Å². The summed E-state index contributed by atoms with van der Waals surface area (Å²) in [6, 6.07) is 5.45. The van der Waals surface area contributed by atoms with E-state index in [0.29, 0.717) is 11.5 Å². The highest BCUT2D eigenvalue weighted by atomic mass is 79.9. The molecule has 0 unspecified atom stereocenters. The Bertz CT molecular complexity index is 364. The molecule has 0 bridgehead atoms. The van der Waals surface area contributed by atoms with Crippen molar-refractivity contribution < 1.29 is 13.9 Å². The van der Waals surface area contributed by atoms with Crippen molar-refractivity contribution in [1.29, 1.82) is 0 Å². The Balaban J connectivity index is 2.20. The molecule has 1 aliphatic carbocycles. The lowest BCUT2D eigenvalue weighted by molar-refractivity contribution is 0.137. The predicted octanol–water partition coefficient (Wildman–Crippen LogP) is 3.34. The van der Waals surface area contributed by atoms with E-state index in [0.717, 1.165) is 17.3 Å². The lowest BCUT2D eigenvalue weighted by Gasteiger charge is -2.16. The van der Waals surface area contributed by atoms with E-state index >= 15 is 0 Å². The van der Waals surface area contributed by atoms with Gasteiger partial charge >= 0.3 is 0 Å². The minimum atomic E-state index is -0.582. The van der Waals surface area contributed by atoms with Crippen molar-refractivity contribution in [2.24, 2.45) is 0 Å². The number of alkyl halides is 1. The third kappa shape index (κ3) is 2.25. The van der Waals surface area contributed by atoms with Crippen LogP contribution in [0.15, 0.2) is 22.7 Å². The number of rotatable bonds is 4. The van der Waals surface area contributed by atoms with Gasteiger partial charge in [0.05, 0.1) is 7.11 Å². The number of hydrogen-bond donors (Lipinski definition) is 0. The van der Waals surface area contributed by atoms with Crippen molar-refractivity contribution >= 4 is 15.9 Å². The summed E-state index contributed by atoms with van der Waals surface area (Å²) in [7, 11) is 1.57. The lowest BCUT2D eigenvalue weighted by atomic mass is 10.3. The molecule has 4 heteroatoms. The average Bonchev–Trinajstić information content (AvgIpc) is 3.01. The van der Waals surface area contributed by atoms with E-state index in [1.54, 1.807) is 13.2 Å². The zero-order valence-corrected chi connectivity index (χ0v) is 10.0. The first-order valence-electron chi connectivity index (χ1n) is 4.78. The number of halogens is 2. The van der Waals surface area contributed by atoms with Gasteiger partial charge in [0.15, 0.2) is 11.5 Å². The standard InChI is InChI=1S/C11H12BrFO2/c1-14-10-6-8(12)2-3-9(10)15-11(7-13)4-5-11/h2-3,6H,4-5,7H2,1H3. The minimum absolute atomic E-state index is 0.438. The summed E-state index contributed by atoms with van der Waals surface area (Å²) < 4.78 is 24.4. The second-order valence-corrected chi connectivity index (χ2v) is 4.63. The maximum absolute atomic E-state index is 12.7. The number of ether oxygens (including phenoxy) is 2. The van der Waals surface area contributed by atoms with E-state index in [4.69, 9.17) is 9.47 Å².